The number of hydrogen-bond donors (Lipinski definition) is 0. The lowest BCUT2D eigenvalue weighted by Gasteiger charge is -2.22. The normalized spacial score (nSPS) is 12.3. The zero-order valence-corrected chi connectivity index (χ0v) is 14.5. The van der Waals surface area contributed by atoms with E-state index in [-0.39, 0.29) is 17.1 Å². The molecule has 0 aliphatic carbocycles. The van der Waals surface area contributed by atoms with Crippen molar-refractivity contribution in [2.24, 2.45) is 14.1 Å². The van der Waals surface area contributed by atoms with Gasteiger partial charge in [0.25, 0.3) is 5.56 Å². The lowest BCUT2D eigenvalue weighted by molar-refractivity contribution is -0.120. The van der Waals surface area contributed by atoms with Gasteiger partial charge in [-0.15, -0.1) is 0 Å². The summed E-state index contributed by atoms with van der Waals surface area (Å²) in [5, 5.41) is 0. The number of amides is 1. The molecule has 0 aliphatic rings. The number of benzene rings is 1. The standard InChI is InChI=1S/C17H19N5O3/c1-11(15(23)19(2)12-8-6-5-7-9-12)22-10-18-14-13(22)16(24)21(4)17(25)20(14)3/h5-11H,1-4H3. The van der Waals surface area contributed by atoms with Crippen molar-refractivity contribution in [1.29, 1.82) is 0 Å². The van der Waals surface area contributed by atoms with Crippen molar-refractivity contribution in [2.45, 2.75) is 13.0 Å². The Morgan fingerprint density at radius 3 is 2.40 bits per heavy atom. The molecular formula is C17H19N5O3. The number of imidazole rings is 1. The minimum Gasteiger partial charge on any atom is -0.314 e. The molecule has 0 radical (unpaired) electrons. The first-order chi connectivity index (χ1) is 11.8. The van der Waals surface area contributed by atoms with Gasteiger partial charge in [-0.2, -0.15) is 0 Å². The zero-order valence-electron chi connectivity index (χ0n) is 14.5. The first-order valence-electron chi connectivity index (χ1n) is 7.79. The Labute approximate surface area is 143 Å². The highest BCUT2D eigenvalue weighted by Gasteiger charge is 2.24. The fraction of sp³-hybridized carbons (Fsp3) is 0.294. The molecule has 0 fully saturated rings. The molecule has 1 atom stereocenters. The zero-order chi connectivity index (χ0) is 18.3. The molecule has 0 spiro atoms. The van der Waals surface area contributed by atoms with Crippen LogP contribution in [0.4, 0.5) is 5.69 Å². The maximum absolute atomic E-state index is 12.8. The van der Waals surface area contributed by atoms with Crippen LogP contribution in [0.25, 0.3) is 11.2 Å². The summed E-state index contributed by atoms with van der Waals surface area (Å²) < 4.78 is 3.82. The second-order valence-corrected chi connectivity index (χ2v) is 5.94. The number of fused-ring (bicyclic) bond motifs is 1. The quantitative estimate of drug-likeness (QED) is 0.701. The van der Waals surface area contributed by atoms with Crippen LogP contribution < -0.4 is 16.1 Å². The molecule has 3 rings (SSSR count). The maximum atomic E-state index is 12.8. The summed E-state index contributed by atoms with van der Waals surface area (Å²) in [6, 6.07) is 8.59. The van der Waals surface area contributed by atoms with Crippen molar-refractivity contribution < 1.29 is 4.79 Å². The van der Waals surface area contributed by atoms with Gasteiger partial charge >= 0.3 is 5.69 Å². The number of likely N-dealkylation sites (N-methyl/N-ethyl adjacent to an activating group) is 1. The van der Waals surface area contributed by atoms with Gasteiger partial charge < -0.3 is 9.47 Å². The number of carbonyl (C=O) groups is 1. The lowest BCUT2D eigenvalue weighted by Crippen LogP contribution is -2.39. The van der Waals surface area contributed by atoms with Crippen LogP contribution in [-0.2, 0) is 18.9 Å². The Morgan fingerprint density at radius 2 is 1.76 bits per heavy atom. The molecule has 130 valence electrons. The minimum atomic E-state index is -0.652. The maximum Gasteiger partial charge on any atom is 0.332 e. The molecule has 1 aromatic carbocycles. The third kappa shape index (κ3) is 2.55. The highest BCUT2D eigenvalue weighted by atomic mass is 16.2. The Morgan fingerprint density at radius 1 is 1.12 bits per heavy atom. The molecule has 3 aromatic rings. The minimum absolute atomic E-state index is 0.193. The van der Waals surface area contributed by atoms with E-state index in [1.807, 2.05) is 30.3 Å². The summed E-state index contributed by atoms with van der Waals surface area (Å²) in [4.78, 5) is 43.0. The van der Waals surface area contributed by atoms with Crippen molar-refractivity contribution in [1.82, 2.24) is 18.7 Å². The van der Waals surface area contributed by atoms with Crippen molar-refractivity contribution in [2.75, 3.05) is 11.9 Å². The number of nitrogens with zero attached hydrogens (tertiary/aromatic N) is 5. The summed E-state index contributed by atoms with van der Waals surface area (Å²) in [5.41, 5.74) is 0.312. The van der Waals surface area contributed by atoms with E-state index >= 15 is 0 Å². The number of carbonyl (C=O) groups excluding carboxylic acids is 1. The molecule has 1 unspecified atom stereocenters. The second-order valence-electron chi connectivity index (χ2n) is 5.94. The van der Waals surface area contributed by atoms with Gasteiger partial charge in [0.15, 0.2) is 11.2 Å². The van der Waals surface area contributed by atoms with Gasteiger partial charge in [0.05, 0.1) is 6.33 Å². The molecule has 0 N–H and O–H groups in total. The molecule has 8 heteroatoms. The third-order valence-corrected chi connectivity index (χ3v) is 4.42. The smallest absolute Gasteiger partial charge is 0.314 e. The average molecular weight is 341 g/mol. The van der Waals surface area contributed by atoms with E-state index in [1.165, 1.54) is 27.4 Å². The van der Waals surface area contributed by atoms with E-state index in [1.54, 1.807) is 21.0 Å². The topological polar surface area (TPSA) is 82.1 Å². The van der Waals surface area contributed by atoms with Crippen molar-refractivity contribution >= 4 is 22.8 Å². The Hall–Kier alpha value is -3.16. The van der Waals surface area contributed by atoms with Gasteiger partial charge in [-0.25, -0.2) is 9.78 Å². The number of aryl methyl sites for hydroxylation is 1. The second kappa shape index (κ2) is 6.04. The predicted molar refractivity (Wildman–Crippen MR) is 94.8 cm³/mol. The first-order valence-corrected chi connectivity index (χ1v) is 7.79. The fourth-order valence-electron chi connectivity index (χ4n) is 2.84. The third-order valence-electron chi connectivity index (χ3n) is 4.42. The van der Waals surface area contributed by atoms with E-state index in [4.69, 9.17) is 0 Å². The molecule has 0 aliphatic heterocycles. The predicted octanol–water partition coefficient (Wildman–Crippen LogP) is 0.658. The summed E-state index contributed by atoms with van der Waals surface area (Å²) in [6.45, 7) is 1.70. The summed E-state index contributed by atoms with van der Waals surface area (Å²) >= 11 is 0. The molecule has 8 nitrogen and oxygen atoms in total. The van der Waals surface area contributed by atoms with Crippen LogP contribution in [0.3, 0.4) is 0 Å². The first kappa shape index (κ1) is 16.7. The van der Waals surface area contributed by atoms with E-state index in [0.29, 0.717) is 0 Å². The summed E-state index contributed by atoms with van der Waals surface area (Å²) in [7, 11) is 4.63. The molecule has 25 heavy (non-hydrogen) atoms. The number of para-hydroxylation sites is 1. The van der Waals surface area contributed by atoms with E-state index in [0.717, 1.165) is 10.3 Å². The van der Waals surface area contributed by atoms with Crippen LogP contribution >= 0.6 is 0 Å². The molecule has 0 saturated heterocycles. The molecule has 1 amide bonds. The van der Waals surface area contributed by atoms with Crippen LogP contribution in [0.2, 0.25) is 0 Å². The van der Waals surface area contributed by atoms with Crippen molar-refractivity contribution in [3.05, 3.63) is 57.5 Å². The monoisotopic (exact) mass is 341 g/mol. The number of hydrogen-bond acceptors (Lipinski definition) is 4. The van der Waals surface area contributed by atoms with Crippen LogP contribution in [-0.4, -0.2) is 31.6 Å². The molecule has 2 heterocycles. The van der Waals surface area contributed by atoms with E-state index in [2.05, 4.69) is 4.98 Å². The summed E-state index contributed by atoms with van der Waals surface area (Å²) in [6.07, 6.45) is 1.42. The summed E-state index contributed by atoms with van der Waals surface area (Å²) in [5.74, 6) is -0.193. The highest BCUT2D eigenvalue weighted by molar-refractivity contribution is 5.96. The van der Waals surface area contributed by atoms with Crippen molar-refractivity contribution in [3.63, 3.8) is 0 Å². The molecule has 2 aromatic heterocycles. The van der Waals surface area contributed by atoms with Crippen LogP contribution in [0.15, 0.2) is 46.2 Å². The Balaban J connectivity index is 2.09. The number of anilines is 1. The van der Waals surface area contributed by atoms with Gasteiger partial charge in [-0.05, 0) is 19.1 Å². The fourth-order valence-corrected chi connectivity index (χ4v) is 2.84. The lowest BCUT2D eigenvalue weighted by atomic mass is 10.2. The Bertz CT molecular complexity index is 1060. The van der Waals surface area contributed by atoms with Gasteiger partial charge in [0, 0.05) is 26.8 Å². The van der Waals surface area contributed by atoms with Gasteiger partial charge in [0.1, 0.15) is 6.04 Å². The van der Waals surface area contributed by atoms with Crippen LogP contribution in [0.1, 0.15) is 13.0 Å². The van der Waals surface area contributed by atoms with Gasteiger partial charge in [-0.3, -0.25) is 18.7 Å². The largest absolute Gasteiger partial charge is 0.332 e. The number of rotatable bonds is 3. The van der Waals surface area contributed by atoms with E-state index < -0.39 is 17.3 Å². The molecule has 0 saturated carbocycles. The van der Waals surface area contributed by atoms with Gasteiger partial charge in [-0.1, -0.05) is 18.2 Å². The van der Waals surface area contributed by atoms with Gasteiger partial charge in [0.2, 0.25) is 5.91 Å². The van der Waals surface area contributed by atoms with E-state index in [9.17, 15) is 14.4 Å². The number of aromatic nitrogens is 4. The van der Waals surface area contributed by atoms with Crippen molar-refractivity contribution in [3.8, 4) is 0 Å². The highest BCUT2D eigenvalue weighted by Crippen LogP contribution is 2.19. The van der Waals surface area contributed by atoms with Crippen LogP contribution in [0, 0.1) is 0 Å². The molecular weight excluding hydrogens is 322 g/mol. The molecule has 0 bridgehead atoms. The Kier molecular flexibility index (Phi) is 4.03. The average Bonchev–Trinajstić information content (AvgIpc) is 3.08. The van der Waals surface area contributed by atoms with Crippen LogP contribution in [0.5, 0.6) is 0 Å². The SMILES string of the molecule is CC(C(=O)N(C)c1ccccc1)n1cnc2c1c(=O)n(C)c(=O)n2C.